The average Bonchev–Trinajstić information content (AvgIpc) is 2.28. The van der Waals surface area contributed by atoms with E-state index >= 15 is 0 Å². The van der Waals surface area contributed by atoms with Gasteiger partial charge in [0.05, 0.1) is 24.0 Å². The number of alkyl halides is 1. The Morgan fingerprint density at radius 1 is 1.62 bits per heavy atom. The number of nitrogens with zero attached hydrogens (tertiary/aromatic N) is 1. The fourth-order valence-corrected chi connectivity index (χ4v) is 2.06. The molecule has 0 N–H and O–H groups in total. The Labute approximate surface area is 110 Å². The van der Waals surface area contributed by atoms with E-state index in [9.17, 15) is 14.9 Å². The third kappa shape index (κ3) is 2.62. The molecule has 0 bridgehead atoms. The van der Waals surface area contributed by atoms with Crippen molar-refractivity contribution in [3.63, 3.8) is 0 Å². The second-order valence-electron chi connectivity index (χ2n) is 2.82. The summed E-state index contributed by atoms with van der Waals surface area (Å²) in [5, 5.41) is 10.8. The molecule has 0 saturated heterocycles. The van der Waals surface area contributed by atoms with E-state index in [1.54, 1.807) is 22.6 Å². The largest absolute Gasteiger partial charge is 0.496 e. The minimum absolute atomic E-state index is 0.159. The number of halogens is 2. The van der Waals surface area contributed by atoms with Gasteiger partial charge in [0.1, 0.15) is 9.32 Å². The Hall–Kier alpha value is -0.890. The molecule has 0 fully saturated rings. The molecule has 0 aliphatic rings. The van der Waals surface area contributed by atoms with Crippen LogP contribution in [0, 0.1) is 13.7 Å². The number of Topliss-reactive ketones (excluding diaryl/α,β-unsaturated/α-hetero) is 1. The molecule has 0 heterocycles. The van der Waals surface area contributed by atoms with Crippen LogP contribution in [0.1, 0.15) is 10.4 Å². The van der Waals surface area contributed by atoms with Crippen molar-refractivity contribution < 1.29 is 14.5 Å². The lowest BCUT2D eigenvalue weighted by atomic mass is 10.1. The minimum atomic E-state index is -0.560. The van der Waals surface area contributed by atoms with Crippen LogP contribution in [0.3, 0.4) is 0 Å². The van der Waals surface area contributed by atoms with E-state index < -0.39 is 4.92 Å². The number of benzene rings is 1. The standard InChI is InChI=1S/C9H7ClINO4/c1-16-5-2-6(8(13)4-10)9(11)7(3-5)12(14)15/h2-3H,4H2,1H3. The van der Waals surface area contributed by atoms with Crippen LogP contribution in [0.15, 0.2) is 12.1 Å². The van der Waals surface area contributed by atoms with Crippen molar-refractivity contribution in [2.45, 2.75) is 0 Å². The highest BCUT2D eigenvalue weighted by Crippen LogP contribution is 2.30. The summed E-state index contributed by atoms with van der Waals surface area (Å²) in [5.41, 5.74) is 0.0510. The maximum atomic E-state index is 11.5. The summed E-state index contributed by atoms with van der Waals surface area (Å²) < 4.78 is 5.16. The van der Waals surface area contributed by atoms with Gasteiger partial charge in [-0.3, -0.25) is 14.9 Å². The van der Waals surface area contributed by atoms with Crippen LogP contribution < -0.4 is 4.74 Å². The molecule has 5 nitrogen and oxygen atoms in total. The predicted octanol–water partition coefficient (Wildman–Crippen LogP) is 2.63. The molecule has 86 valence electrons. The molecule has 0 aliphatic carbocycles. The van der Waals surface area contributed by atoms with E-state index in [0.29, 0.717) is 0 Å². The lowest BCUT2D eigenvalue weighted by Gasteiger charge is -2.06. The molecule has 7 heteroatoms. The molecule has 0 radical (unpaired) electrons. The first-order chi connectivity index (χ1) is 7.51. The number of carbonyl (C=O) groups excluding carboxylic acids is 1. The highest BCUT2D eigenvalue weighted by molar-refractivity contribution is 14.1. The van der Waals surface area contributed by atoms with Crippen LogP contribution >= 0.6 is 34.2 Å². The topological polar surface area (TPSA) is 69.4 Å². The molecule has 0 amide bonds. The van der Waals surface area contributed by atoms with Crippen molar-refractivity contribution >= 4 is 45.7 Å². The van der Waals surface area contributed by atoms with Crippen molar-refractivity contribution in [2.75, 3.05) is 13.0 Å². The number of methoxy groups -OCH3 is 1. The van der Waals surface area contributed by atoms with E-state index in [1.807, 2.05) is 0 Å². The summed E-state index contributed by atoms with van der Waals surface area (Å²) >= 11 is 7.17. The summed E-state index contributed by atoms with van der Waals surface area (Å²) in [6, 6.07) is 2.71. The Morgan fingerprint density at radius 3 is 2.69 bits per heavy atom. The van der Waals surface area contributed by atoms with Gasteiger partial charge in [0.15, 0.2) is 5.78 Å². The Bertz CT molecular complexity index is 449. The first-order valence-corrected chi connectivity index (χ1v) is 5.73. The molecule has 1 rings (SSSR count). The number of nitro benzene ring substituents is 1. The molecule has 0 unspecified atom stereocenters. The normalized spacial score (nSPS) is 9.94. The van der Waals surface area contributed by atoms with Gasteiger partial charge in [-0.15, -0.1) is 11.6 Å². The molecular formula is C9H7ClINO4. The molecule has 16 heavy (non-hydrogen) atoms. The zero-order valence-corrected chi connectivity index (χ0v) is 11.1. The highest BCUT2D eigenvalue weighted by atomic mass is 127. The zero-order valence-electron chi connectivity index (χ0n) is 8.20. The maximum Gasteiger partial charge on any atom is 0.287 e. The van der Waals surface area contributed by atoms with Crippen molar-refractivity contribution in [3.05, 3.63) is 31.4 Å². The van der Waals surface area contributed by atoms with Gasteiger partial charge in [-0.2, -0.15) is 0 Å². The van der Waals surface area contributed by atoms with E-state index in [4.69, 9.17) is 16.3 Å². The highest BCUT2D eigenvalue weighted by Gasteiger charge is 2.21. The zero-order chi connectivity index (χ0) is 12.3. The second kappa shape index (κ2) is 5.44. The van der Waals surface area contributed by atoms with Gasteiger partial charge in [-0.25, -0.2) is 0 Å². The van der Waals surface area contributed by atoms with E-state index in [2.05, 4.69) is 0 Å². The monoisotopic (exact) mass is 355 g/mol. The minimum Gasteiger partial charge on any atom is -0.496 e. The van der Waals surface area contributed by atoms with Gasteiger partial charge < -0.3 is 4.74 Å². The number of carbonyl (C=O) groups is 1. The van der Waals surface area contributed by atoms with Gasteiger partial charge >= 0.3 is 0 Å². The lowest BCUT2D eigenvalue weighted by Crippen LogP contribution is -2.06. The van der Waals surface area contributed by atoms with Gasteiger partial charge in [0.2, 0.25) is 0 Å². The first kappa shape index (κ1) is 13.2. The van der Waals surface area contributed by atoms with Crippen LogP contribution in [0.2, 0.25) is 0 Å². The summed E-state index contributed by atoms with van der Waals surface area (Å²) in [7, 11) is 1.38. The Kier molecular flexibility index (Phi) is 4.48. The van der Waals surface area contributed by atoms with Crippen LogP contribution in [0.25, 0.3) is 0 Å². The molecule has 1 aromatic rings. The van der Waals surface area contributed by atoms with Gasteiger partial charge in [0.25, 0.3) is 5.69 Å². The number of ether oxygens (including phenoxy) is 1. The molecule has 1 aromatic carbocycles. The fraction of sp³-hybridized carbons (Fsp3) is 0.222. The van der Waals surface area contributed by atoms with Crippen molar-refractivity contribution in [3.8, 4) is 5.75 Å². The van der Waals surface area contributed by atoms with Gasteiger partial charge in [0, 0.05) is 5.56 Å². The molecule has 0 atom stereocenters. The predicted molar refractivity (Wildman–Crippen MR) is 67.4 cm³/mol. The Morgan fingerprint density at radius 2 is 2.25 bits per heavy atom. The fourth-order valence-electron chi connectivity index (χ4n) is 1.11. The first-order valence-electron chi connectivity index (χ1n) is 4.12. The smallest absolute Gasteiger partial charge is 0.287 e. The number of hydrogen-bond acceptors (Lipinski definition) is 4. The van der Waals surface area contributed by atoms with Gasteiger partial charge in [-0.05, 0) is 28.7 Å². The van der Waals surface area contributed by atoms with Gasteiger partial charge in [-0.1, -0.05) is 0 Å². The van der Waals surface area contributed by atoms with Crippen molar-refractivity contribution in [1.29, 1.82) is 0 Å². The average molecular weight is 356 g/mol. The molecule has 0 spiro atoms. The van der Waals surface area contributed by atoms with Crippen LogP contribution in [0.4, 0.5) is 5.69 Å². The van der Waals surface area contributed by atoms with Crippen molar-refractivity contribution in [1.82, 2.24) is 0 Å². The second-order valence-corrected chi connectivity index (χ2v) is 4.17. The van der Waals surface area contributed by atoms with Crippen LogP contribution in [-0.4, -0.2) is 23.7 Å². The summed E-state index contributed by atoms with van der Waals surface area (Å²) in [5.74, 6) is -0.325. The van der Waals surface area contributed by atoms with Crippen LogP contribution in [0.5, 0.6) is 5.75 Å². The quantitative estimate of drug-likeness (QED) is 0.274. The van der Waals surface area contributed by atoms with E-state index in [1.165, 1.54) is 19.2 Å². The van der Waals surface area contributed by atoms with E-state index in [-0.39, 0.29) is 32.2 Å². The summed E-state index contributed by atoms with van der Waals surface area (Å²) in [6.45, 7) is 0. The number of ketones is 1. The van der Waals surface area contributed by atoms with Crippen molar-refractivity contribution in [2.24, 2.45) is 0 Å². The summed E-state index contributed by atoms with van der Waals surface area (Å²) in [6.07, 6.45) is 0. The molecule has 0 saturated carbocycles. The SMILES string of the molecule is COc1cc(C(=O)CCl)c(I)c([N+](=O)[O-])c1. The molecule has 0 aromatic heterocycles. The Balaban J connectivity index is 3.43. The maximum absolute atomic E-state index is 11.5. The third-order valence-electron chi connectivity index (χ3n) is 1.88. The molecular weight excluding hydrogens is 348 g/mol. The lowest BCUT2D eigenvalue weighted by molar-refractivity contribution is -0.385. The molecule has 0 aliphatic heterocycles. The number of nitro groups is 1. The van der Waals surface area contributed by atoms with E-state index in [0.717, 1.165) is 0 Å². The number of rotatable bonds is 4. The number of hydrogen-bond donors (Lipinski definition) is 0. The van der Waals surface area contributed by atoms with Crippen LogP contribution in [-0.2, 0) is 0 Å². The third-order valence-corrected chi connectivity index (χ3v) is 3.26. The summed E-state index contributed by atoms with van der Waals surface area (Å²) in [4.78, 5) is 21.7.